The van der Waals surface area contributed by atoms with E-state index in [1.807, 2.05) is 0 Å². The number of benzene rings is 2. The number of halogens is 3. The molecule has 4 rings (SSSR count). The lowest BCUT2D eigenvalue weighted by Gasteiger charge is -2.24. The summed E-state index contributed by atoms with van der Waals surface area (Å²) in [5.74, 6) is -1.72. The molecule has 0 aliphatic rings. The van der Waals surface area contributed by atoms with E-state index in [0.717, 1.165) is 0 Å². The Labute approximate surface area is 208 Å². The highest BCUT2D eigenvalue weighted by molar-refractivity contribution is 7.08. The lowest BCUT2D eigenvalue weighted by molar-refractivity contribution is -0.198. The van der Waals surface area contributed by atoms with Gasteiger partial charge in [0.1, 0.15) is 6.04 Å². The molecule has 0 bridgehead atoms. The maximum atomic E-state index is 14.2. The SMILES string of the molecule is Nc1nc(OC(c2ccccc2-c2ccsc2)C(F)(F)F)cc(-c2ccc(C[C@H](N)C(=O)O)cc2)n1. The Hall–Kier alpha value is -3.96. The van der Waals surface area contributed by atoms with Gasteiger partial charge in [-0.1, -0.05) is 48.5 Å². The molecule has 0 saturated heterocycles. The molecule has 0 saturated carbocycles. The Morgan fingerprint density at radius 1 is 1.06 bits per heavy atom. The average Bonchev–Trinajstić information content (AvgIpc) is 3.37. The number of nitrogen functional groups attached to an aromatic ring is 1. The molecular formula is C25H21F3N4O3S. The normalized spacial score (nSPS) is 13.2. The fraction of sp³-hybridized carbons (Fsp3) is 0.160. The average molecular weight is 515 g/mol. The van der Waals surface area contributed by atoms with E-state index < -0.39 is 24.3 Å². The number of aliphatic carboxylic acids is 1. The van der Waals surface area contributed by atoms with E-state index in [-0.39, 0.29) is 29.5 Å². The molecule has 7 nitrogen and oxygen atoms in total. The second-order valence-electron chi connectivity index (χ2n) is 7.93. The molecule has 0 aliphatic heterocycles. The van der Waals surface area contributed by atoms with Crippen LogP contribution in [-0.2, 0) is 11.2 Å². The van der Waals surface area contributed by atoms with Gasteiger partial charge in [-0.15, -0.1) is 0 Å². The maximum Gasteiger partial charge on any atom is 0.429 e. The van der Waals surface area contributed by atoms with Crippen molar-refractivity contribution in [2.24, 2.45) is 5.73 Å². The van der Waals surface area contributed by atoms with Crippen molar-refractivity contribution in [2.75, 3.05) is 5.73 Å². The molecule has 1 unspecified atom stereocenters. The smallest absolute Gasteiger partial charge is 0.429 e. The molecule has 2 atom stereocenters. The van der Waals surface area contributed by atoms with E-state index >= 15 is 0 Å². The van der Waals surface area contributed by atoms with Crippen molar-refractivity contribution in [1.29, 1.82) is 0 Å². The molecule has 2 aromatic carbocycles. The molecule has 11 heteroatoms. The Bertz CT molecular complexity index is 1350. The summed E-state index contributed by atoms with van der Waals surface area (Å²) in [6.45, 7) is 0. The lowest BCUT2D eigenvalue weighted by Crippen LogP contribution is -2.32. The number of nitrogens with two attached hydrogens (primary N) is 2. The Morgan fingerprint density at radius 3 is 2.42 bits per heavy atom. The fourth-order valence-electron chi connectivity index (χ4n) is 3.64. The zero-order valence-corrected chi connectivity index (χ0v) is 19.5. The second kappa shape index (κ2) is 10.3. The number of carboxylic acids is 1. The van der Waals surface area contributed by atoms with Crippen LogP contribution in [0, 0.1) is 0 Å². The van der Waals surface area contributed by atoms with Gasteiger partial charge in [0.15, 0.2) is 0 Å². The summed E-state index contributed by atoms with van der Waals surface area (Å²) in [4.78, 5) is 18.9. The first-order valence-corrected chi connectivity index (χ1v) is 11.6. The topological polar surface area (TPSA) is 124 Å². The van der Waals surface area contributed by atoms with Gasteiger partial charge in [0.25, 0.3) is 0 Å². The van der Waals surface area contributed by atoms with Gasteiger partial charge in [0.2, 0.25) is 17.9 Å². The third-order valence-electron chi connectivity index (χ3n) is 5.35. The number of carboxylic acid groups (broad SMARTS) is 1. The number of rotatable bonds is 8. The molecular weight excluding hydrogens is 493 g/mol. The van der Waals surface area contributed by atoms with Gasteiger partial charge < -0.3 is 21.3 Å². The number of alkyl halides is 3. The minimum Gasteiger partial charge on any atom is -0.480 e. The predicted octanol–water partition coefficient (Wildman–Crippen LogP) is 5.09. The van der Waals surface area contributed by atoms with Crippen LogP contribution in [-0.4, -0.2) is 33.3 Å². The third-order valence-corrected chi connectivity index (χ3v) is 6.04. The van der Waals surface area contributed by atoms with Crippen LogP contribution in [0.2, 0.25) is 0 Å². The zero-order chi connectivity index (χ0) is 25.9. The number of hydrogen-bond donors (Lipinski definition) is 3. The van der Waals surface area contributed by atoms with Gasteiger partial charge in [0.05, 0.1) is 5.69 Å². The van der Waals surface area contributed by atoms with Crippen LogP contribution >= 0.6 is 11.3 Å². The number of anilines is 1. The van der Waals surface area contributed by atoms with Crippen LogP contribution in [0.5, 0.6) is 5.88 Å². The van der Waals surface area contributed by atoms with Crippen molar-refractivity contribution in [3.8, 4) is 28.3 Å². The maximum absolute atomic E-state index is 14.2. The quantitative estimate of drug-likeness (QED) is 0.299. The van der Waals surface area contributed by atoms with Gasteiger partial charge >= 0.3 is 12.1 Å². The third kappa shape index (κ3) is 5.81. The largest absolute Gasteiger partial charge is 0.480 e. The Balaban J connectivity index is 1.65. The first-order valence-electron chi connectivity index (χ1n) is 10.7. The molecule has 186 valence electrons. The van der Waals surface area contributed by atoms with Crippen molar-refractivity contribution in [3.63, 3.8) is 0 Å². The van der Waals surface area contributed by atoms with Gasteiger partial charge in [-0.3, -0.25) is 4.79 Å². The predicted molar refractivity (Wildman–Crippen MR) is 130 cm³/mol. The van der Waals surface area contributed by atoms with Gasteiger partial charge in [-0.25, -0.2) is 4.98 Å². The van der Waals surface area contributed by atoms with Crippen LogP contribution in [0.25, 0.3) is 22.4 Å². The Morgan fingerprint density at radius 2 is 1.78 bits per heavy atom. The van der Waals surface area contributed by atoms with Crippen LogP contribution < -0.4 is 16.2 Å². The molecule has 0 spiro atoms. The number of thiophene rings is 1. The first-order chi connectivity index (χ1) is 17.1. The monoisotopic (exact) mass is 514 g/mol. The van der Waals surface area contributed by atoms with E-state index in [0.29, 0.717) is 22.3 Å². The molecule has 0 aliphatic carbocycles. The number of aromatic nitrogens is 2. The van der Waals surface area contributed by atoms with Crippen molar-refractivity contribution in [2.45, 2.75) is 24.7 Å². The fourth-order valence-corrected chi connectivity index (χ4v) is 4.29. The summed E-state index contributed by atoms with van der Waals surface area (Å²) < 4.78 is 48.0. The number of nitrogens with zero attached hydrogens (tertiary/aromatic N) is 2. The second-order valence-corrected chi connectivity index (χ2v) is 8.71. The molecule has 2 heterocycles. The van der Waals surface area contributed by atoms with Crippen LogP contribution in [0.3, 0.4) is 0 Å². The summed E-state index contributed by atoms with van der Waals surface area (Å²) >= 11 is 1.38. The molecule has 0 amide bonds. The Kier molecular flexibility index (Phi) is 7.22. The summed E-state index contributed by atoms with van der Waals surface area (Å²) in [5, 5.41) is 12.5. The van der Waals surface area contributed by atoms with Crippen LogP contribution in [0.1, 0.15) is 17.2 Å². The number of hydrogen-bond acceptors (Lipinski definition) is 7. The van der Waals surface area contributed by atoms with Crippen LogP contribution in [0.4, 0.5) is 19.1 Å². The molecule has 0 fully saturated rings. The number of ether oxygens (including phenoxy) is 1. The van der Waals surface area contributed by atoms with E-state index in [2.05, 4.69) is 9.97 Å². The number of carbonyl (C=O) groups is 1. The molecule has 0 radical (unpaired) electrons. The van der Waals surface area contributed by atoms with Gasteiger partial charge in [-0.05, 0) is 39.9 Å². The van der Waals surface area contributed by atoms with Crippen molar-refractivity contribution >= 4 is 23.3 Å². The van der Waals surface area contributed by atoms with E-state index in [9.17, 15) is 18.0 Å². The van der Waals surface area contributed by atoms with E-state index in [1.54, 1.807) is 53.2 Å². The van der Waals surface area contributed by atoms with Gasteiger partial charge in [0, 0.05) is 17.2 Å². The molecule has 4 aromatic rings. The standard InChI is InChI=1S/C25H21F3N4O3S/c26-25(27,28)22(18-4-2-1-3-17(18)16-9-10-36-13-16)35-21-12-20(31-24(30)32-21)15-7-5-14(6-8-15)11-19(29)23(33)34/h1-10,12-13,19,22H,11,29H2,(H,33,34)(H2,30,31,32)/t19-,22?/m0/s1. The summed E-state index contributed by atoms with van der Waals surface area (Å²) in [6.07, 6.45) is -6.92. The van der Waals surface area contributed by atoms with Gasteiger partial charge in [-0.2, -0.15) is 29.5 Å². The lowest BCUT2D eigenvalue weighted by atomic mass is 9.97. The summed E-state index contributed by atoms with van der Waals surface area (Å²) in [6, 6.07) is 14.7. The van der Waals surface area contributed by atoms with Crippen molar-refractivity contribution in [1.82, 2.24) is 9.97 Å². The molecule has 5 N–H and O–H groups in total. The van der Waals surface area contributed by atoms with Crippen molar-refractivity contribution < 1.29 is 27.8 Å². The van der Waals surface area contributed by atoms with E-state index in [1.165, 1.54) is 29.5 Å². The minimum absolute atomic E-state index is 0.0544. The highest BCUT2D eigenvalue weighted by atomic mass is 32.1. The van der Waals surface area contributed by atoms with Crippen LogP contribution in [0.15, 0.2) is 71.4 Å². The van der Waals surface area contributed by atoms with E-state index in [4.69, 9.17) is 21.3 Å². The summed E-state index contributed by atoms with van der Waals surface area (Å²) in [7, 11) is 0. The minimum atomic E-state index is -4.74. The first kappa shape index (κ1) is 25.1. The highest BCUT2D eigenvalue weighted by Gasteiger charge is 2.44. The molecule has 2 aromatic heterocycles. The summed E-state index contributed by atoms with van der Waals surface area (Å²) in [5.41, 5.74) is 13.8. The highest BCUT2D eigenvalue weighted by Crippen LogP contribution is 2.41. The zero-order valence-electron chi connectivity index (χ0n) is 18.6. The molecule has 36 heavy (non-hydrogen) atoms. The van der Waals surface area contributed by atoms with Crippen molar-refractivity contribution in [3.05, 3.63) is 82.6 Å².